The molecule has 0 aliphatic carbocycles. The number of hydrogen-bond acceptors (Lipinski definition) is 4. The highest BCUT2D eigenvalue weighted by atomic mass is 16.5. The Bertz CT molecular complexity index is 600. The lowest BCUT2D eigenvalue weighted by Gasteiger charge is -2.11. The van der Waals surface area contributed by atoms with Crippen LogP contribution in [0.5, 0.6) is 11.5 Å². The first-order chi connectivity index (χ1) is 10.2. The Morgan fingerprint density at radius 3 is 2.76 bits per heavy atom. The number of nitrogens with one attached hydrogen (secondary N) is 1. The van der Waals surface area contributed by atoms with Crippen molar-refractivity contribution in [2.45, 2.75) is 13.5 Å². The zero-order chi connectivity index (χ0) is 15.1. The molecule has 1 N–H and O–H groups in total. The molecular formula is C16H18N2O3. The molecule has 110 valence electrons. The minimum atomic E-state index is -0.177. The first-order valence-electron chi connectivity index (χ1n) is 6.73. The van der Waals surface area contributed by atoms with Crippen molar-refractivity contribution in [3.8, 4) is 11.5 Å². The van der Waals surface area contributed by atoms with Gasteiger partial charge in [-0.15, -0.1) is 0 Å². The van der Waals surface area contributed by atoms with Gasteiger partial charge in [0.05, 0.1) is 26.0 Å². The Morgan fingerprint density at radius 1 is 1.24 bits per heavy atom. The van der Waals surface area contributed by atoms with Crippen molar-refractivity contribution >= 4 is 5.91 Å². The standard InChI is InChI=1S/C16H18N2O3/c1-3-21-15-10-12(7-8-14(15)20-2)16(19)18-11-13-6-4-5-9-17-13/h4-10H,3,11H2,1-2H3,(H,18,19). The maximum atomic E-state index is 12.1. The molecular weight excluding hydrogens is 268 g/mol. The molecule has 0 aliphatic rings. The van der Waals surface area contributed by atoms with E-state index >= 15 is 0 Å². The van der Waals surface area contributed by atoms with Crippen LogP contribution >= 0.6 is 0 Å². The fraction of sp³-hybridized carbons (Fsp3) is 0.250. The third-order valence-corrected chi connectivity index (χ3v) is 2.88. The van der Waals surface area contributed by atoms with Crippen LogP contribution in [0.3, 0.4) is 0 Å². The summed E-state index contributed by atoms with van der Waals surface area (Å²) in [6.07, 6.45) is 1.70. The highest BCUT2D eigenvalue weighted by molar-refractivity contribution is 5.94. The van der Waals surface area contributed by atoms with E-state index in [-0.39, 0.29) is 5.91 Å². The number of pyridine rings is 1. The molecule has 21 heavy (non-hydrogen) atoms. The van der Waals surface area contributed by atoms with Gasteiger partial charge >= 0.3 is 0 Å². The smallest absolute Gasteiger partial charge is 0.251 e. The van der Waals surface area contributed by atoms with Crippen molar-refractivity contribution in [3.05, 3.63) is 53.9 Å². The number of carbonyl (C=O) groups is 1. The molecule has 1 aromatic carbocycles. The molecule has 1 amide bonds. The quantitative estimate of drug-likeness (QED) is 0.886. The highest BCUT2D eigenvalue weighted by Gasteiger charge is 2.11. The molecule has 0 saturated carbocycles. The van der Waals surface area contributed by atoms with Crippen LogP contribution in [-0.4, -0.2) is 24.6 Å². The van der Waals surface area contributed by atoms with Gasteiger partial charge in [0.25, 0.3) is 5.91 Å². The molecule has 1 heterocycles. The minimum Gasteiger partial charge on any atom is -0.493 e. The summed E-state index contributed by atoms with van der Waals surface area (Å²) in [5.74, 6) is 0.993. The second kappa shape index (κ2) is 7.28. The molecule has 5 heteroatoms. The first-order valence-corrected chi connectivity index (χ1v) is 6.73. The fourth-order valence-electron chi connectivity index (χ4n) is 1.86. The summed E-state index contributed by atoms with van der Waals surface area (Å²) < 4.78 is 10.7. The van der Waals surface area contributed by atoms with E-state index in [1.807, 2.05) is 25.1 Å². The number of aromatic nitrogens is 1. The zero-order valence-electron chi connectivity index (χ0n) is 12.1. The van der Waals surface area contributed by atoms with Crippen molar-refractivity contribution in [1.82, 2.24) is 10.3 Å². The van der Waals surface area contributed by atoms with Crippen molar-refractivity contribution < 1.29 is 14.3 Å². The van der Waals surface area contributed by atoms with Crippen LogP contribution in [0.4, 0.5) is 0 Å². The Balaban J connectivity index is 2.06. The van der Waals surface area contributed by atoms with Crippen molar-refractivity contribution in [1.29, 1.82) is 0 Å². The van der Waals surface area contributed by atoms with Crippen LogP contribution in [0.2, 0.25) is 0 Å². The van der Waals surface area contributed by atoms with E-state index in [0.717, 1.165) is 5.69 Å². The minimum absolute atomic E-state index is 0.177. The summed E-state index contributed by atoms with van der Waals surface area (Å²) in [6, 6.07) is 10.7. The third kappa shape index (κ3) is 3.95. The van der Waals surface area contributed by atoms with E-state index in [9.17, 15) is 4.79 Å². The van der Waals surface area contributed by atoms with Crippen LogP contribution in [0.15, 0.2) is 42.6 Å². The van der Waals surface area contributed by atoms with Gasteiger partial charge in [0, 0.05) is 11.8 Å². The Hall–Kier alpha value is -2.56. The van der Waals surface area contributed by atoms with Gasteiger partial charge in [0.15, 0.2) is 11.5 Å². The zero-order valence-corrected chi connectivity index (χ0v) is 12.1. The average molecular weight is 286 g/mol. The van der Waals surface area contributed by atoms with Gasteiger partial charge in [-0.3, -0.25) is 9.78 Å². The molecule has 0 atom stereocenters. The Kier molecular flexibility index (Phi) is 5.15. The number of carbonyl (C=O) groups excluding carboxylic acids is 1. The number of benzene rings is 1. The summed E-state index contributed by atoms with van der Waals surface area (Å²) in [5, 5.41) is 2.82. The number of rotatable bonds is 6. The molecule has 0 radical (unpaired) electrons. The topological polar surface area (TPSA) is 60.5 Å². The van der Waals surface area contributed by atoms with Crippen LogP contribution in [0, 0.1) is 0 Å². The van der Waals surface area contributed by atoms with E-state index in [1.165, 1.54) is 0 Å². The van der Waals surface area contributed by atoms with Crippen molar-refractivity contribution in [3.63, 3.8) is 0 Å². The van der Waals surface area contributed by atoms with Crippen molar-refractivity contribution in [2.75, 3.05) is 13.7 Å². The lowest BCUT2D eigenvalue weighted by molar-refractivity contribution is 0.0950. The Morgan fingerprint density at radius 2 is 2.10 bits per heavy atom. The van der Waals surface area contributed by atoms with Crippen molar-refractivity contribution in [2.24, 2.45) is 0 Å². The van der Waals surface area contributed by atoms with E-state index in [0.29, 0.717) is 30.2 Å². The number of ether oxygens (including phenoxy) is 2. The molecule has 2 rings (SSSR count). The molecule has 0 bridgehead atoms. The average Bonchev–Trinajstić information content (AvgIpc) is 2.54. The Labute approximate surface area is 123 Å². The van der Waals surface area contributed by atoms with E-state index in [2.05, 4.69) is 10.3 Å². The van der Waals surface area contributed by atoms with Gasteiger partial charge in [0.1, 0.15) is 0 Å². The molecule has 2 aromatic rings. The van der Waals surface area contributed by atoms with E-state index in [1.54, 1.807) is 31.5 Å². The van der Waals surface area contributed by atoms with Gasteiger partial charge < -0.3 is 14.8 Å². The van der Waals surface area contributed by atoms with Crippen LogP contribution < -0.4 is 14.8 Å². The molecule has 0 aliphatic heterocycles. The van der Waals surface area contributed by atoms with Gasteiger partial charge in [-0.2, -0.15) is 0 Å². The predicted octanol–water partition coefficient (Wildman–Crippen LogP) is 2.42. The van der Waals surface area contributed by atoms with E-state index < -0.39 is 0 Å². The second-order valence-electron chi connectivity index (χ2n) is 4.30. The second-order valence-corrected chi connectivity index (χ2v) is 4.30. The van der Waals surface area contributed by atoms with Gasteiger partial charge in [-0.25, -0.2) is 0 Å². The summed E-state index contributed by atoms with van der Waals surface area (Å²) in [4.78, 5) is 16.3. The molecule has 0 fully saturated rings. The van der Waals surface area contributed by atoms with E-state index in [4.69, 9.17) is 9.47 Å². The summed E-state index contributed by atoms with van der Waals surface area (Å²) >= 11 is 0. The van der Waals surface area contributed by atoms with Gasteiger partial charge in [0.2, 0.25) is 0 Å². The van der Waals surface area contributed by atoms with Gasteiger partial charge in [-0.1, -0.05) is 6.07 Å². The SMILES string of the molecule is CCOc1cc(C(=O)NCc2ccccn2)ccc1OC. The normalized spacial score (nSPS) is 10.0. The summed E-state index contributed by atoms with van der Waals surface area (Å²) in [7, 11) is 1.57. The highest BCUT2D eigenvalue weighted by Crippen LogP contribution is 2.27. The number of hydrogen-bond donors (Lipinski definition) is 1. The lowest BCUT2D eigenvalue weighted by Crippen LogP contribution is -2.23. The number of methoxy groups -OCH3 is 1. The lowest BCUT2D eigenvalue weighted by atomic mass is 10.2. The largest absolute Gasteiger partial charge is 0.493 e. The number of amides is 1. The molecule has 5 nitrogen and oxygen atoms in total. The van der Waals surface area contributed by atoms with Crippen LogP contribution in [0.25, 0.3) is 0 Å². The molecule has 0 unspecified atom stereocenters. The molecule has 1 aromatic heterocycles. The molecule has 0 saturated heterocycles. The summed E-state index contributed by atoms with van der Waals surface area (Å²) in [6.45, 7) is 2.78. The van der Waals surface area contributed by atoms with Crippen LogP contribution in [0.1, 0.15) is 23.0 Å². The monoisotopic (exact) mass is 286 g/mol. The molecule has 0 spiro atoms. The number of nitrogens with zero attached hydrogens (tertiary/aromatic N) is 1. The maximum absolute atomic E-state index is 12.1. The maximum Gasteiger partial charge on any atom is 0.251 e. The third-order valence-electron chi connectivity index (χ3n) is 2.88. The fourth-order valence-corrected chi connectivity index (χ4v) is 1.86. The van der Waals surface area contributed by atoms with Gasteiger partial charge in [-0.05, 0) is 37.3 Å². The predicted molar refractivity (Wildman–Crippen MR) is 79.6 cm³/mol. The first kappa shape index (κ1) is 14.8. The summed E-state index contributed by atoms with van der Waals surface area (Å²) in [5.41, 5.74) is 1.33. The van der Waals surface area contributed by atoms with Crippen LogP contribution in [-0.2, 0) is 6.54 Å².